The Morgan fingerprint density at radius 2 is 2.29 bits per heavy atom. The van der Waals surface area contributed by atoms with Gasteiger partial charge >= 0.3 is 0 Å². The highest BCUT2D eigenvalue weighted by Crippen LogP contribution is 2.12. The van der Waals surface area contributed by atoms with Crippen molar-refractivity contribution in [2.75, 3.05) is 11.5 Å². The van der Waals surface area contributed by atoms with Gasteiger partial charge in [0.25, 0.3) is 5.91 Å². The Labute approximate surface area is 99.9 Å². The quantitative estimate of drug-likeness (QED) is 0.785. The fourth-order valence-corrected chi connectivity index (χ4v) is 3.67. The highest BCUT2D eigenvalue weighted by atomic mass is 32.2. The number of hydrogen-bond acceptors (Lipinski definition) is 4. The van der Waals surface area contributed by atoms with Crippen LogP contribution in [0.5, 0.6) is 0 Å². The number of carbonyl (C=O) groups is 1. The number of sulfone groups is 1. The number of amides is 1. The molecule has 0 aromatic carbocycles. The molecule has 1 aliphatic heterocycles. The van der Waals surface area contributed by atoms with Gasteiger partial charge in [0.1, 0.15) is 0 Å². The van der Waals surface area contributed by atoms with Crippen molar-refractivity contribution in [3.63, 3.8) is 0 Å². The zero-order chi connectivity index (χ0) is 12.6. The van der Waals surface area contributed by atoms with Crippen molar-refractivity contribution in [2.24, 2.45) is 7.05 Å². The van der Waals surface area contributed by atoms with Crippen LogP contribution in [0.25, 0.3) is 0 Å². The maximum absolute atomic E-state index is 11.9. The largest absolute Gasteiger partial charge is 0.347 e. The van der Waals surface area contributed by atoms with Gasteiger partial charge in [0.2, 0.25) is 0 Å². The molecule has 17 heavy (non-hydrogen) atoms. The van der Waals surface area contributed by atoms with Gasteiger partial charge in [-0.1, -0.05) is 0 Å². The van der Waals surface area contributed by atoms with Gasteiger partial charge in [0.15, 0.2) is 15.5 Å². The lowest BCUT2D eigenvalue weighted by Gasteiger charge is -2.09. The van der Waals surface area contributed by atoms with Crippen molar-refractivity contribution in [1.82, 2.24) is 15.1 Å². The SMILES string of the molecule is Cc1cn(C)nc1C(=O)NC1CCS(=O)(=O)C1. The minimum Gasteiger partial charge on any atom is -0.347 e. The van der Waals surface area contributed by atoms with Crippen LogP contribution in [0.3, 0.4) is 0 Å². The van der Waals surface area contributed by atoms with Crippen molar-refractivity contribution in [1.29, 1.82) is 0 Å². The van der Waals surface area contributed by atoms with E-state index < -0.39 is 9.84 Å². The Kier molecular flexibility index (Phi) is 2.94. The second-order valence-electron chi connectivity index (χ2n) is 4.41. The number of aryl methyl sites for hydroxylation is 2. The van der Waals surface area contributed by atoms with Crippen molar-refractivity contribution >= 4 is 15.7 Å². The van der Waals surface area contributed by atoms with Crippen LogP contribution < -0.4 is 5.32 Å². The first kappa shape index (κ1) is 12.1. The average Bonchev–Trinajstić information content (AvgIpc) is 2.69. The molecular weight excluding hydrogens is 242 g/mol. The molecule has 6 nitrogen and oxygen atoms in total. The highest BCUT2D eigenvalue weighted by Gasteiger charge is 2.29. The third-order valence-corrected chi connectivity index (χ3v) is 4.56. The first-order chi connectivity index (χ1) is 7.87. The summed E-state index contributed by atoms with van der Waals surface area (Å²) in [6.45, 7) is 1.80. The molecule has 1 unspecified atom stereocenters. The first-order valence-electron chi connectivity index (χ1n) is 5.39. The topological polar surface area (TPSA) is 81.1 Å². The third kappa shape index (κ3) is 2.66. The minimum absolute atomic E-state index is 0.0324. The Hall–Kier alpha value is -1.37. The molecule has 1 aromatic rings. The van der Waals surface area contributed by atoms with E-state index >= 15 is 0 Å². The fourth-order valence-electron chi connectivity index (χ4n) is 1.99. The van der Waals surface area contributed by atoms with Gasteiger partial charge in [0.05, 0.1) is 11.5 Å². The van der Waals surface area contributed by atoms with E-state index in [1.165, 1.54) is 0 Å². The van der Waals surface area contributed by atoms with Gasteiger partial charge in [-0.2, -0.15) is 5.10 Å². The van der Waals surface area contributed by atoms with Gasteiger partial charge < -0.3 is 5.32 Å². The van der Waals surface area contributed by atoms with Crippen molar-refractivity contribution in [3.8, 4) is 0 Å². The number of nitrogens with one attached hydrogen (secondary N) is 1. The van der Waals surface area contributed by atoms with Crippen LogP contribution in [0.15, 0.2) is 6.20 Å². The molecule has 1 aromatic heterocycles. The number of rotatable bonds is 2. The number of carbonyl (C=O) groups excluding carboxylic acids is 1. The molecular formula is C10H15N3O3S. The molecule has 1 fully saturated rings. The van der Waals surface area contributed by atoms with E-state index in [-0.39, 0.29) is 23.5 Å². The number of nitrogens with zero attached hydrogens (tertiary/aromatic N) is 2. The fraction of sp³-hybridized carbons (Fsp3) is 0.600. The van der Waals surface area contributed by atoms with E-state index in [1.807, 2.05) is 0 Å². The van der Waals surface area contributed by atoms with E-state index in [4.69, 9.17) is 0 Å². The third-order valence-electron chi connectivity index (χ3n) is 2.79. The zero-order valence-corrected chi connectivity index (χ0v) is 10.6. The lowest BCUT2D eigenvalue weighted by atomic mass is 10.2. The first-order valence-corrected chi connectivity index (χ1v) is 7.21. The summed E-state index contributed by atoms with van der Waals surface area (Å²) in [4.78, 5) is 11.9. The summed E-state index contributed by atoms with van der Waals surface area (Å²) in [5.41, 5.74) is 1.14. The Morgan fingerprint density at radius 3 is 2.76 bits per heavy atom. The van der Waals surface area contributed by atoms with Crippen molar-refractivity contribution in [2.45, 2.75) is 19.4 Å². The molecule has 1 amide bonds. The molecule has 1 saturated heterocycles. The molecule has 0 spiro atoms. The second-order valence-corrected chi connectivity index (χ2v) is 6.64. The predicted octanol–water partition coefficient (Wildman–Crippen LogP) is -0.355. The van der Waals surface area contributed by atoms with Crippen LogP contribution in [-0.4, -0.2) is 41.7 Å². The maximum atomic E-state index is 11.9. The lowest BCUT2D eigenvalue weighted by Crippen LogP contribution is -2.36. The molecule has 1 N–H and O–H groups in total. The summed E-state index contributed by atoms with van der Waals surface area (Å²) in [6, 6.07) is -0.283. The molecule has 94 valence electrons. The van der Waals surface area contributed by atoms with E-state index in [1.54, 1.807) is 24.9 Å². The molecule has 0 radical (unpaired) electrons. The van der Waals surface area contributed by atoms with Crippen molar-refractivity contribution in [3.05, 3.63) is 17.5 Å². The van der Waals surface area contributed by atoms with Crippen LogP contribution in [-0.2, 0) is 16.9 Å². The molecule has 1 atom stereocenters. The van der Waals surface area contributed by atoms with Crippen LogP contribution in [0.2, 0.25) is 0 Å². The summed E-state index contributed by atoms with van der Waals surface area (Å²) < 4.78 is 24.1. The summed E-state index contributed by atoms with van der Waals surface area (Å²) in [5, 5.41) is 6.75. The predicted molar refractivity (Wildman–Crippen MR) is 62.5 cm³/mol. The Morgan fingerprint density at radius 1 is 1.59 bits per heavy atom. The van der Waals surface area contributed by atoms with Crippen LogP contribution in [0.1, 0.15) is 22.5 Å². The molecule has 7 heteroatoms. The standard InChI is InChI=1S/C10H15N3O3S/c1-7-5-13(2)12-9(7)10(14)11-8-3-4-17(15,16)6-8/h5,8H,3-4,6H2,1-2H3,(H,11,14). The average molecular weight is 257 g/mol. The van der Waals surface area contributed by atoms with Crippen molar-refractivity contribution < 1.29 is 13.2 Å². The number of hydrogen-bond donors (Lipinski definition) is 1. The smallest absolute Gasteiger partial charge is 0.272 e. The van der Waals surface area contributed by atoms with E-state index in [0.717, 1.165) is 5.56 Å². The van der Waals surface area contributed by atoms with Gasteiger partial charge in [-0.3, -0.25) is 9.48 Å². The van der Waals surface area contributed by atoms with Gasteiger partial charge in [-0.05, 0) is 13.3 Å². The summed E-state index contributed by atoms with van der Waals surface area (Å²) in [5.74, 6) is -0.116. The molecule has 0 bridgehead atoms. The number of aromatic nitrogens is 2. The van der Waals surface area contributed by atoms with Crippen LogP contribution in [0.4, 0.5) is 0 Å². The van der Waals surface area contributed by atoms with Gasteiger partial charge in [0, 0.05) is 24.8 Å². The van der Waals surface area contributed by atoms with Crippen LogP contribution >= 0.6 is 0 Å². The second kappa shape index (κ2) is 4.14. The van der Waals surface area contributed by atoms with E-state index in [2.05, 4.69) is 10.4 Å². The van der Waals surface area contributed by atoms with E-state index in [9.17, 15) is 13.2 Å². The lowest BCUT2D eigenvalue weighted by molar-refractivity contribution is 0.0935. The molecule has 0 aliphatic carbocycles. The normalized spacial score (nSPS) is 22.6. The summed E-state index contributed by atoms with van der Waals surface area (Å²) in [6.07, 6.45) is 2.24. The van der Waals surface area contributed by atoms with Gasteiger partial charge in [-0.15, -0.1) is 0 Å². The van der Waals surface area contributed by atoms with Crippen LogP contribution in [0, 0.1) is 6.92 Å². The summed E-state index contributed by atoms with van der Waals surface area (Å²) >= 11 is 0. The Bertz CT molecular complexity index is 547. The minimum atomic E-state index is -2.97. The Balaban J connectivity index is 2.06. The molecule has 2 rings (SSSR count). The summed E-state index contributed by atoms with van der Waals surface area (Å²) in [7, 11) is -1.23. The molecule has 2 heterocycles. The molecule has 0 saturated carbocycles. The molecule has 1 aliphatic rings. The van der Waals surface area contributed by atoms with E-state index in [0.29, 0.717) is 12.1 Å². The zero-order valence-electron chi connectivity index (χ0n) is 9.80. The monoisotopic (exact) mass is 257 g/mol. The maximum Gasteiger partial charge on any atom is 0.272 e. The highest BCUT2D eigenvalue weighted by molar-refractivity contribution is 7.91. The van der Waals surface area contributed by atoms with Gasteiger partial charge in [-0.25, -0.2) is 8.42 Å².